The summed E-state index contributed by atoms with van der Waals surface area (Å²) in [6, 6.07) is 5.49. The molecule has 0 bridgehead atoms. The van der Waals surface area contributed by atoms with Crippen molar-refractivity contribution in [2.75, 3.05) is 40.8 Å². The summed E-state index contributed by atoms with van der Waals surface area (Å²) in [5.41, 5.74) is 6.94. The van der Waals surface area contributed by atoms with E-state index in [9.17, 15) is 9.18 Å². The number of rotatable bonds is 7. The second-order valence-electron chi connectivity index (χ2n) is 7.25. The molecular formula is C19H32FIN6O. The fraction of sp³-hybridized carbons (Fsp3) is 0.579. The zero-order valence-corrected chi connectivity index (χ0v) is 19.2. The van der Waals surface area contributed by atoms with E-state index >= 15 is 0 Å². The van der Waals surface area contributed by atoms with Gasteiger partial charge in [0.2, 0.25) is 5.91 Å². The molecular weight excluding hydrogens is 474 g/mol. The van der Waals surface area contributed by atoms with E-state index in [0.717, 1.165) is 37.5 Å². The van der Waals surface area contributed by atoms with Crippen LogP contribution in [0.25, 0.3) is 0 Å². The van der Waals surface area contributed by atoms with E-state index in [2.05, 4.69) is 20.5 Å². The molecule has 0 aliphatic carbocycles. The number of carbonyl (C=O) groups excluding carboxylic acids is 1. The highest BCUT2D eigenvalue weighted by molar-refractivity contribution is 14.0. The molecule has 1 heterocycles. The van der Waals surface area contributed by atoms with Crippen LogP contribution in [0.1, 0.15) is 24.0 Å². The van der Waals surface area contributed by atoms with E-state index in [1.807, 2.05) is 25.1 Å². The maximum absolute atomic E-state index is 13.9. The second kappa shape index (κ2) is 12.2. The topological polar surface area (TPSA) is 86.0 Å². The number of nitrogens with zero attached hydrogens (tertiary/aromatic N) is 3. The molecule has 28 heavy (non-hydrogen) atoms. The fourth-order valence-corrected chi connectivity index (χ4v) is 3.23. The lowest BCUT2D eigenvalue weighted by Crippen LogP contribution is -2.49. The standard InChI is InChI=1S/C19H31FN6O.HI/c1-22-19(24-16-6-8-26(9-7-16)13-18(21)27)23-11-14-4-5-17(20)15(10-14)12-25(2)3;/h4-5,10,16H,6-9,11-13H2,1-3H3,(H2,21,27)(H2,22,23,24);1H. The number of aliphatic imine (C=N–C) groups is 1. The van der Waals surface area contributed by atoms with Crippen LogP contribution < -0.4 is 16.4 Å². The fourth-order valence-electron chi connectivity index (χ4n) is 3.23. The Morgan fingerprint density at radius 2 is 2.04 bits per heavy atom. The summed E-state index contributed by atoms with van der Waals surface area (Å²) in [6.45, 7) is 3.13. The smallest absolute Gasteiger partial charge is 0.231 e. The Kier molecular flexibility index (Phi) is 10.7. The van der Waals surface area contributed by atoms with Crippen molar-refractivity contribution in [1.29, 1.82) is 0 Å². The number of amides is 1. The summed E-state index contributed by atoms with van der Waals surface area (Å²) in [5.74, 6) is 0.256. The molecule has 0 spiro atoms. The van der Waals surface area contributed by atoms with E-state index < -0.39 is 0 Å². The number of nitrogens with one attached hydrogen (secondary N) is 2. The van der Waals surface area contributed by atoms with Crippen LogP contribution in [0.2, 0.25) is 0 Å². The van der Waals surface area contributed by atoms with Gasteiger partial charge in [0.15, 0.2) is 5.96 Å². The number of piperidine rings is 1. The zero-order valence-electron chi connectivity index (χ0n) is 16.9. The number of benzene rings is 1. The van der Waals surface area contributed by atoms with Gasteiger partial charge in [-0.25, -0.2) is 4.39 Å². The molecule has 0 saturated carbocycles. The van der Waals surface area contributed by atoms with Crippen molar-refractivity contribution in [3.05, 3.63) is 35.1 Å². The number of nitrogens with two attached hydrogens (primary N) is 1. The van der Waals surface area contributed by atoms with Crippen LogP contribution in [-0.2, 0) is 17.9 Å². The summed E-state index contributed by atoms with van der Waals surface area (Å²) in [6.07, 6.45) is 1.86. The molecule has 7 nitrogen and oxygen atoms in total. The van der Waals surface area contributed by atoms with E-state index in [4.69, 9.17) is 5.73 Å². The van der Waals surface area contributed by atoms with Gasteiger partial charge in [-0.2, -0.15) is 0 Å². The number of hydrogen-bond donors (Lipinski definition) is 3. The van der Waals surface area contributed by atoms with Gasteiger partial charge in [-0.1, -0.05) is 6.07 Å². The van der Waals surface area contributed by atoms with Crippen molar-refractivity contribution in [2.45, 2.75) is 32.0 Å². The highest BCUT2D eigenvalue weighted by Crippen LogP contribution is 2.13. The molecule has 1 amide bonds. The van der Waals surface area contributed by atoms with E-state index in [0.29, 0.717) is 31.2 Å². The van der Waals surface area contributed by atoms with Gasteiger partial charge in [-0.05, 0) is 44.6 Å². The van der Waals surface area contributed by atoms with Crippen LogP contribution in [0.15, 0.2) is 23.2 Å². The Morgan fingerprint density at radius 1 is 1.36 bits per heavy atom. The first-order valence-electron chi connectivity index (χ1n) is 9.27. The van der Waals surface area contributed by atoms with Crippen LogP contribution in [0, 0.1) is 5.82 Å². The molecule has 1 aliphatic heterocycles. The number of halogens is 2. The molecule has 1 fully saturated rings. The molecule has 0 aromatic heterocycles. The molecule has 0 atom stereocenters. The van der Waals surface area contributed by atoms with Crippen molar-refractivity contribution in [3.8, 4) is 0 Å². The molecule has 158 valence electrons. The molecule has 1 saturated heterocycles. The Bertz CT molecular complexity index is 662. The number of likely N-dealkylation sites (tertiary alicyclic amines) is 1. The summed E-state index contributed by atoms with van der Waals surface area (Å²) in [4.78, 5) is 19.3. The third-order valence-corrected chi connectivity index (χ3v) is 4.59. The average Bonchev–Trinajstić information content (AvgIpc) is 2.61. The minimum atomic E-state index is -0.285. The molecule has 1 aromatic rings. The van der Waals surface area contributed by atoms with Gasteiger partial charge < -0.3 is 21.3 Å². The van der Waals surface area contributed by atoms with Crippen LogP contribution in [0.5, 0.6) is 0 Å². The number of primary amides is 1. The van der Waals surface area contributed by atoms with Gasteiger partial charge in [-0.3, -0.25) is 14.7 Å². The number of hydrogen-bond acceptors (Lipinski definition) is 4. The Morgan fingerprint density at radius 3 is 2.61 bits per heavy atom. The first-order valence-corrected chi connectivity index (χ1v) is 9.27. The predicted molar refractivity (Wildman–Crippen MR) is 121 cm³/mol. The van der Waals surface area contributed by atoms with Crippen molar-refractivity contribution in [1.82, 2.24) is 20.4 Å². The summed E-state index contributed by atoms with van der Waals surface area (Å²) >= 11 is 0. The van der Waals surface area contributed by atoms with Crippen LogP contribution >= 0.6 is 24.0 Å². The monoisotopic (exact) mass is 506 g/mol. The van der Waals surface area contributed by atoms with Crippen LogP contribution in [0.4, 0.5) is 4.39 Å². The van der Waals surface area contributed by atoms with Gasteiger partial charge in [0.1, 0.15) is 5.82 Å². The quantitative estimate of drug-likeness (QED) is 0.293. The molecule has 0 unspecified atom stereocenters. The third-order valence-electron chi connectivity index (χ3n) is 4.59. The van der Waals surface area contributed by atoms with Gasteiger partial charge in [-0.15, -0.1) is 24.0 Å². The van der Waals surface area contributed by atoms with Gasteiger partial charge in [0.25, 0.3) is 0 Å². The summed E-state index contributed by atoms with van der Waals surface area (Å²) in [7, 11) is 5.58. The zero-order chi connectivity index (χ0) is 19.8. The summed E-state index contributed by atoms with van der Waals surface area (Å²) in [5, 5.41) is 6.71. The largest absolute Gasteiger partial charge is 0.369 e. The van der Waals surface area contributed by atoms with E-state index in [-0.39, 0.29) is 35.7 Å². The Balaban J connectivity index is 0.00000392. The van der Waals surface area contributed by atoms with Gasteiger partial charge >= 0.3 is 0 Å². The second-order valence-corrected chi connectivity index (χ2v) is 7.25. The molecule has 4 N–H and O–H groups in total. The first kappa shape index (κ1) is 24.6. The minimum Gasteiger partial charge on any atom is -0.369 e. The lowest BCUT2D eigenvalue weighted by atomic mass is 10.1. The van der Waals surface area contributed by atoms with E-state index in [1.165, 1.54) is 6.07 Å². The van der Waals surface area contributed by atoms with Crippen LogP contribution in [0.3, 0.4) is 0 Å². The van der Waals surface area contributed by atoms with Gasteiger partial charge in [0.05, 0.1) is 6.54 Å². The SMILES string of the molecule is CN=C(NCc1ccc(F)c(CN(C)C)c1)NC1CCN(CC(N)=O)CC1.I. The lowest BCUT2D eigenvalue weighted by molar-refractivity contribution is -0.119. The van der Waals surface area contributed by atoms with Crippen molar-refractivity contribution in [2.24, 2.45) is 10.7 Å². The number of carbonyl (C=O) groups is 1. The normalized spacial score (nSPS) is 16.0. The first-order chi connectivity index (χ1) is 12.9. The molecule has 0 radical (unpaired) electrons. The van der Waals surface area contributed by atoms with Crippen molar-refractivity contribution in [3.63, 3.8) is 0 Å². The molecule has 1 aliphatic rings. The third kappa shape index (κ3) is 8.27. The Labute approximate surface area is 183 Å². The van der Waals surface area contributed by atoms with Gasteiger partial charge in [0, 0.05) is 44.8 Å². The van der Waals surface area contributed by atoms with Crippen molar-refractivity contribution < 1.29 is 9.18 Å². The average molecular weight is 506 g/mol. The maximum atomic E-state index is 13.9. The molecule has 2 rings (SSSR count). The van der Waals surface area contributed by atoms with E-state index in [1.54, 1.807) is 13.1 Å². The highest BCUT2D eigenvalue weighted by atomic mass is 127. The molecule has 1 aromatic carbocycles. The predicted octanol–water partition coefficient (Wildman–Crippen LogP) is 1.12. The summed E-state index contributed by atoms with van der Waals surface area (Å²) < 4.78 is 13.9. The van der Waals surface area contributed by atoms with Crippen molar-refractivity contribution >= 4 is 35.8 Å². The lowest BCUT2D eigenvalue weighted by Gasteiger charge is -2.32. The number of guanidine groups is 1. The maximum Gasteiger partial charge on any atom is 0.231 e. The van der Waals surface area contributed by atoms with Crippen LogP contribution in [-0.4, -0.2) is 68.5 Å². The minimum absolute atomic E-state index is 0. The molecule has 9 heteroatoms. The Hall–Kier alpha value is -1.46. The highest BCUT2D eigenvalue weighted by Gasteiger charge is 2.20.